The summed E-state index contributed by atoms with van der Waals surface area (Å²) in [6.45, 7) is 2.87. The number of phenols is 1. The van der Waals surface area contributed by atoms with Gasteiger partial charge in [-0.25, -0.2) is 0 Å². The Morgan fingerprint density at radius 2 is 1.83 bits per heavy atom. The molecule has 18 heavy (non-hydrogen) atoms. The first-order chi connectivity index (χ1) is 8.35. The average molecular weight is 252 g/mol. The zero-order chi connectivity index (χ0) is 13.8. The first-order valence-corrected chi connectivity index (χ1v) is 5.38. The Hall–Kier alpha value is -2.08. The Morgan fingerprint density at radius 3 is 2.39 bits per heavy atom. The standard InChI is InChI=1S/C12H16N2O4/c1-12(2,7-15)14-11(18)10(17)13-8-5-3-4-6-9(8)16/h3-6,15-16H,7H2,1-2H3,(H,13,17)(H,14,18). The fourth-order valence-corrected chi connectivity index (χ4v) is 1.16. The summed E-state index contributed by atoms with van der Waals surface area (Å²) in [5, 5.41) is 23.0. The SMILES string of the molecule is CC(C)(CO)NC(=O)C(=O)Nc1ccccc1O. The van der Waals surface area contributed by atoms with Gasteiger partial charge in [-0.15, -0.1) is 0 Å². The van der Waals surface area contributed by atoms with Gasteiger partial charge in [-0.05, 0) is 26.0 Å². The van der Waals surface area contributed by atoms with Gasteiger partial charge in [-0.3, -0.25) is 9.59 Å². The van der Waals surface area contributed by atoms with Gasteiger partial charge in [-0.1, -0.05) is 12.1 Å². The normalized spacial score (nSPS) is 10.8. The number of carbonyl (C=O) groups is 2. The van der Waals surface area contributed by atoms with Crippen LogP contribution in [-0.2, 0) is 9.59 Å². The maximum Gasteiger partial charge on any atom is 0.313 e. The van der Waals surface area contributed by atoms with Gasteiger partial charge in [0.25, 0.3) is 0 Å². The number of anilines is 1. The molecular weight excluding hydrogens is 236 g/mol. The number of carbonyl (C=O) groups excluding carboxylic acids is 2. The van der Waals surface area contributed by atoms with Gasteiger partial charge < -0.3 is 20.8 Å². The molecule has 0 bridgehead atoms. The Labute approximate surface area is 105 Å². The number of hydrogen-bond acceptors (Lipinski definition) is 4. The number of rotatable bonds is 3. The lowest BCUT2D eigenvalue weighted by Crippen LogP contribution is -2.50. The molecule has 4 N–H and O–H groups in total. The van der Waals surface area contributed by atoms with Crippen molar-refractivity contribution in [1.29, 1.82) is 0 Å². The lowest BCUT2D eigenvalue weighted by molar-refractivity contribution is -0.137. The van der Waals surface area contributed by atoms with Crippen molar-refractivity contribution in [3.05, 3.63) is 24.3 Å². The summed E-state index contributed by atoms with van der Waals surface area (Å²) in [5.41, 5.74) is -0.730. The van der Waals surface area contributed by atoms with Crippen molar-refractivity contribution >= 4 is 17.5 Å². The molecule has 1 aromatic rings. The predicted molar refractivity (Wildman–Crippen MR) is 66.0 cm³/mol. The molecule has 1 rings (SSSR count). The van der Waals surface area contributed by atoms with E-state index < -0.39 is 17.4 Å². The molecule has 6 nitrogen and oxygen atoms in total. The number of phenolic OH excluding ortho intramolecular Hbond substituents is 1. The summed E-state index contributed by atoms with van der Waals surface area (Å²) in [4.78, 5) is 23.1. The van der Waals surface area contributed by atoms with Crippen LogP contribution in [0.5, 0.6) is 5.75 Å². The molecule has 6 heteroatoms. The van der Waals surface area contributed by atoms with Crippen LogP contribution < -0.4 is 10.6 Å². The number of nitrogens with one attached hydrogen (secondary N) is 2. The van der Waals surface area contributed by atoms with Crippen LogP contribution in [0.1, 0.15) is 13.8 Å². The largest absolute Gasteiger partial charge is 0.506 e. The third-order valence-corrected chi connectivity index (χ3v) is 2.21. The van der Waals surface area contributed by atoms with Gasteiger partial charge in [0.1, 0.15) is 5.75 Å². The van der Waals surface area contributed by atoms with Gasteiger partial charge in [0.2, 0.25) is 0 Å². The number of aliphatic hydroxyl groups is 1. The molecule has 0 unspecified atom stereocenters. The summed E-state index contributed by atoms with van der Waals surface area (Å²) in [7, 11) is 0. The fourth-order valence-electron chi connectivity index (χ4n) is 1.16. The van der Waals surface area contributed by atoms with Crippen molar-refractivity contribution in [2.24, 2.45) is 0 Å². The zero-order valence-electron chi connectivity index (χ0n) is 10.2. The molecule has 0 aliphatic carbocycles. The van der Waals surface area contributed by atoms with Crippen molar-refractivity contribution in [2.45, 2.75) is 19.4 Å². The van der Waals surface area contributed by atoms with Crippen LogP contribution in [0.25, 0.3) is 0 Å². The summed E-state index contributed by atoms with van der Waals surface area (Å²) >= 11 is 0. The summed E-state index contributed by atoms with van der Waals surface area (Å²) in [6.07, 6.45) is 0. The van der Waals surface area contributed by atoms with Crippen molar-refractivity contribution in [3.8, 4) is 5.75 Å². The first-order valence-electron chi connectivity index (χ1n) is 5.38. The van der Waals surface area contributed by atoms with E-state index in [9.17, 15) is 14.7 Å². The van der Waals surface area contributed by atoms with Gasteiger partial charge in [0.15, 0.2) is 0 Å². The summed E-state index contributed by atoms with van der Waals surface area (Å²) in [6, 6.07) is 6.08. The zero-order valence-corrected chi connectivity index (χ0v) is 10.2. The lowest BCUT2D eigenvalue weighted by Gasteiger charge is -2.22. The second-order valence-corrected chi connectivity index (χ2v) is 4.47. The number of benzene rings is 1. The van der Waals surface area contributed by atoms with Gasteiger partial charge in [0.05, 0.1) is 17.8 Å². The van der Waals surface area contributed by atoms with E-state index in [1.807, 2.05) is 0 Å². The van der Waals surface area contributed by atoms with E-state index in [0.717, 1.165) is 0 Å². The van der Waals surface area contributed by atoms with Crippen LogP contribution in [0.15, 0.2) is 24.3 Å². The first kappa shape index (κ1) is 14.0. The van der Waals surface area contributed by atoms with E-state index in [0.29, 0.717) is 0 Å². The summed E-state index contributed by atoms with van der Waals surface area (Å²) in [5.74, 6) is -1.91. The molecule has 0 saturated carbocycles. The van der Waals surface area contributed by atoms with Crippen LogP contribution in [0.4, 0.5) is 5.69 Å². The maximum absolute atomic E-state index is 11.5. The number of hydrogen-bond donors (Lipinski definition) is 4. The molecule has 1 aromatic carbocycles. The van der Waals surface area contributed by atoms with Crippen LogP contribution in [0.3, 0.4) is 0 Å². The molecule has 0 aliphatic heterocycles. The molecule has 2 amide bonds. The van der Waals surface area contributed by atoms with E-state index in [4.69, 9.17) is 5.11 Å². The number of aromatic hydroxyl groups is 1. The minimum atomic E-state index is -0.905. The van der Waals surface area contributed by atoms with E-state index in [1.54, 1.807) is 26.0 Å². The number of para-hydroxylation sites is 2. The summed E-state index contributed by atoms with van der Waals surface area (Å²) < 4.78 is 0. The Balaban J connectivity index is 2.67. The van der Waals surface area contributed by atoms with Crippen molar-refractivity contribution < 1.29 is 19.8 Å². The lowest BCUT2D eigenvalue weighted by atomic mass is 10.1. The van der Waals surface area contributed by atoms with E-state index in [-0.39, 0.29) is 18.0 Å². The minimum Gasteiger partial charge on any atom is -0.506 e. The molecule has 0 radical (unpaired) electrons. The van der Waals surface area contributed by atoms with Crippen molar-refractivity contribution in [2.75, 3.05) is 11.9 Å². The average Bonchev–Trinajstić information content (AvgIpc) is 2.31. The van der Waals surface area contributed by atoms with Gasteiger partial charge in [0, 0.05) is 0 Å². The molecule has 0 spiro atoms. The fraction of sp³-hybridized carbons (Fsp3) is 0.333. The van der Waals surface area contributed by atoms with Crippen LogP contribution in [0, 0.1) is 0 Å². The Morgan fingerprint density at radius 1 is 1.22 bits per heavy atom. The van der Waals surface area contributed by atoms with Gasteiger partial charge in [-0.2, -0.15) is 0 Å². The van der Waals surface area contributed by atoms with Crippen LogP contribution >= 0.6 is 0 Å². The highest BCUT2D eigenvalue weighted by atomic mass is 16.3. The number of amides is 2. The van der Waals surface area contributed by atoms with Crippen LogP contribution in [0.2, 0.25) is 0 Å². The number of aliphatic hydroxyl groups excluding tert-OH is 1. The highest BCUT2D eigenvalue weighted by molar-refractivity contribution is 6.39. The second-order valence-electron chi connectivity index (χ2n) is 4.47. The van der Waals surface area contributed by atoms with Gasteiger partial charge >= 0.3 is 11.8 Å². The smallest absolute Gasteiger partial charge is 0.313 e. The Kier molecular flexibility index (Phi) is 4.28. The van der Waals surface area contributed by atoms with E-state index in [2.05, 4.69) is 10.6 Å². The molecule has 0 fully saturated rings. The highest BCUT2D eigenvalue weighted by Crippen LogP contribution is 2.21. The van der Waals surface area contributed by atoms with Crippen molar-refractivity contribution in [3.63, 3.8) is 0 Å². The topological polar surface area (TPSA) is 98.7 Å². The minimum absolute atomic E-state index is 0.125. The monoisotopic (exact) mass is 252 g/mol. The molecule has 0 aromatic heterocycles. The third-order valence-electron chi connectivity index (χ3n) is 2.21. The highest BCUT2D eigenvalue weighted by Gasteiger charge is 2.24. The molecule has 98 valence electrons. The second kappa shape index (κ2) is 5.50. The van der Waals surface area contributed by atoms with Crippen LogP contribution in [-0.4, -0.2) is 34.2 Å². The molecule has 0 saturated heterocycles. The quantitative estimate of drug-likeness (QED) is 0.457. The molecule has 0 heterocycles. The molecular formula is C12H16N2O4. The van der Waals surface area contributed by atoms with E-state index in [1.165, 1.54) is 12.1 Å². The predicted octanol–water partition coefficient (Wildman–Crippen LogP) is 0.218. The maximum atomic E-state index is 11.5. The molecule has 0 atom stereocenters. The van der Waals surface area contributed by atoms with Crippen molar-refractivity contribution in [1.82, 2.24) is 5.32 Å². The van der Waals surface area contributed by atoms with E-state index >= 15 is 0 Å². The third kappa shape index (κ3) is 3.74. The molecule has 0 aliphatic rings. The Bertz CT molecular complexity index is 457.